The Morgan fingerprint density at radius 1 is 1.39 bits per heavy atom. The number of nitrogens with one attached hydrogen (secondary N) is 2. The summed E-state index contributed by atoms with van der Waals surface area (Å²) in [6.45, 7) is 6.83. The number of amides is 2. The van der Waals surface area contributed by atoms with Gasteiger partial charge in [-0.15, -0.1) is 6.58 Å². The highest BCUT2D eigenvalue weighted by atomic mass is 16.3. The first kappa shape index (κ1) is 16.6. The van der Waals surface area contributed by atoms with Crippen LogP contribution in [0.2, 0.25) is 0 Å². The van der Waals surface area contributed by atoms with Crippen molar-refractivity contribution < 1.29 is 19.8 Å². The highest BCUT2D eigenvalue weighted by Gasteiger charge is 2.32. The van der Waals surface area contributed by atoms with Crippen LogP contribution in [0.25, 0.3) is 0 Å². The fraction of sp³-hybridized carbons (Fsp3) is 0.667. The molecule has 1 atom stereocenters. The predicted octanol–water partition coefficient (Wildman–Crippen LogP) is -0.826. The van der Waals surface area contributed by atoms with E-state index < -0.39 is 17.4 Å². The summed E-state index contributed by atoms with van der Waals surface area (Å²) in [5, 5.41) is 23.7. The zero-order chi connectivity index (χ0) is 14.2. The van der Waals surface area contributed by atoms with Gasteiger partial charge in [-0.3, -0.25) is 9.59 Å². The molecule has 2 amide bonds. The van der Waals surface area contributed by atoms with Gasteiger partial charge in [0.1, 0.15) is 6.10 Å². The van der Waals surface area contributed by atoms with Gasteiger partial charge in [0, 0.05) is 24.9 Å². The van der Waals surface area contributed by atoms with E-state index in [2.05, 4.69) is 17.2 Å². The zero-order valence-corrected chi connectivity index (χ0v) is 10.9. The molecule has 0 radical (unpaired) electrons. The Balaban J connectivity index is 3.97. The molecular weight excluding hydrogens is 236 g/mol. The molecule has 0 bridgehead atoms. The minimum Gasteiger partial charge on any atom is -0.396 e. The van der Waals surface area contributed by atoms with Crippen LogP contribution in [0.4, 0.5) is 0 Å². The van der Waals surface area contributed by atoms with Crippen LogP contribution in [0, 0.1) is 5.41 Å². The van der Waals surface area contributed by atoms with Gasteiger partial charge in [0.05, 0.1) is 6.61 Å². The van der Waals surface area contributed by atoms with Gasteiger partial charge < -0.3 is 20.8 Å². The molecule has 4 N–H and O–H groups in total. The van der Waals surface area contributed by atoms with Crippen molar-refractivity contribution in [2.75, 3.05) is 19.7 Å². The highest BCUT2D eigenvalue weighted by molar-refractivity contribution is 5.82. The van der Waals surface area contributed by atoms with Crippen molar-refractivity contribution in [1.82, 2.24) is 10.6 Å². The largest absolute Gasteiger partial charge is 0.396 e. The van der Waals surface area contributed by atoms with E-state index in [-0.39, 0.29) is 25.5 Å². The van der Waals surface area contributed by atoms with Crippen molar-refractivity contribution in [3.8, 4) is 0 Å². The fourth-order valence-corrected chi connectivity index (χ4v) is 1.11. The monoisotopic (exact) mass is 258 g/mol. The third-order valence-corrected chi connectivity index (χ3v) is 2.49. The van der Waals surface area contributed by atoms with Gasteiger partial charge in [-0.25, -0.2) is 0 Å². The van der Waals surface area contributed by atoms with Crippen LogP contribution >= 0.6 is 0 Å². The van der Waals surface area contributed by atoms with E-state index in [4.69, 9.17) is 5.11 Å². The number of carbonyl (C=O) groups is 2. The fourth-order valence-electron chi connectivity index (χ4n) is 1.11. The molecule has 0 saturated carbocycles. The molecule has 0 fully saturated rings. The smallest absolute Gasteiger partial charge is 0.249 e. The molecule has 104 valence electrons. The van der Waals surface area contributed by atoms with Crippen LogP contribution in [-0.2, 0) is 9.59 Å². The molecule has 6 heteroatoms. The van der Waals surface area contributed by atoms with E-state index in [0.717, 1.165) is 0 Å². The van der Waals surface area contributed by atoms with Gasteiger partial charge in [0.15, 0.2) is 0 Å². The molecule has 0 saturated heterocycles. The second kappa shape index (κ2) is 7.84. The summed E-state index contributed by atoms with van der Waals surface area (Å²) < 4.78 is 0. The van der Waals surface area contributed by atoms with Gasteiger partial charge in [-0.05, 0) is 0 Å². The topological polar surface area (TPSA) is 98.7 Å². The van der Waals surface area contributed by atoms with Crippen molar-refractivity contribution in [2.45, 2.75) is 26.4 Å². The van der Waals surface area contributed by atoms with Crippen LogP contribution < -0.4 is 10.6 Å². The molecule has 18 heavy (non-hydrogen) atoms. The predicted molar refractivity (Wildman–Crippen MR) is 67.7 cm³/mol. The number of hydrogen-bond acceptors (Lipinski definition) is 4. The van der Waals surface area contributed by atoms with Gasteiger partial charge in [-0.1, -0.05) is 19.9 Å². The van der Waals surface area contributed by atoms with Gasteiger partial charge in [-0.2, -0.15) is 0 Å². The number of hydrogen-bond donors (Lipinski definition) is 4. The van der Waals surface area contributed by atoms with E-state index in [0.29, 0.717) is 6.54 Å². The molecule has 0 aliphatic heterocycles. The molecule has 0 aliphatic carbocycles. The Hall–Kier alpha value is -1.40. The summed E-state index contributed by atoms with van der Waals surface area (Å²) in [4.78, 5) is 22.7. The first-order chi connectivity index (χ1) is 8.35. The Morgan fingerprint density at radius 3 is 2.50 bits per heavy atom. The van der Waals surface area contributed by atoms with Crippen molar-refractivity contribution in [3.63, 3.8) is 0 Å². The summed E-state index contributed by atoms with van der Waals surface area (Å²) >= 11 is 0. The lowest BCUT2D eigenvalue weighted by molar-refractivity contribution is -0.137. The van der Waals surface area contributed by atoms with Gasteiger partial charge in [0.25, 0.3) is 0 Å². The summed E-state index contributed by atoms with van der Waals surface area (Å²) in [6, 6.07) is 0. The SMILES string of the molecule is C=CCNC(=O)CCNC(=O)[C@H](O)C(C)(C)CO. The number of rotatable bonds is 8. The van der Waals surface area contributed by atoms with Crippen LogP contribution in [0.5, 0.6) is 0 Å². The average molecular weight is 258 g/mol. The minimum absolute atomic E-state index is 0.131. The first-order valence-corrected chi connectivity index (χ1v) is 5.79. The summed E-state index contributed by atoms with van der Waals surface area (Å²) in [5.74, 6) is -0.795. The van der Waals surface area contributed by atoms with E-state index in [9.17, 15) is 14.7 Å². The minimum atomic E-state index is -1.31. The molecule has 0 aliphatic rings. The maximum atomic E-state index is 11.5. The average Bonchev–Trinajstić information content (AvgIpc) is 2.35. The standard InChI is InChI=1S/C12H22N2O4/c1-4-6-13-9(16)5-7-14-11(18)10(17)12(2,3)8-15/h4,10,15,17H,1,5-8H2,2-3H3,(H,13,16)(H,14,18)/t10-/m0/s1. The van der Waals surface area contributed by atoms with Crippen molar-refractivity contribution in [2.24, 2.45) is 5.41 Å². The van der Waals surface area contributed by atoms with E-state index in [1.807, 2.05) is 0 Å². The Morgan fingerprint density at radius 2 is 2.00 bits per heavy atom. The van der Waals surface area contributed by atoms with Crippen molar-refractivity contribution in [1.29, 1.82) is 0 Å². The van der Waals surface area contributed by atoms with Crippen molar-refractivity contribution >= 4 is 11.8 Å². The van der Waals surface area contributed by atoms with Crippen LogP contribution in [0.3, 0.4) is 0 Å². The summed E-state index contributed by atoms with van der Waals surface area (Å²) in [5.41, 5.74) is -0.908. The maximum absolute atomic E-state index is 11.5. The van der Waals surface area contributed by atoms with Crippen molar-refractivity contribution in [3.05, 3.63) is 12.7 Å². The zero-order valence-electron chi connectivity index (χ0n) is 10.9. The second-order valence-corrected chi connectivity index (χ2v) is 4.68. The molecular formula is C12H22N2O4. The lowest BCUT2D eigenvalue weighted by atomic mass is 9.87. The molecule has 0 aromatic rings. The molecule has 0 aromatic carbocycles. The number of aliphatic hydroxyl groups is 2. The first-order valence-electron chi connectivity index (χ1n) is 5.79. The molecule has 0 aromatic heterocycles. The van der Waals surface area contributed by atoms with E-state index in [1.54, 1.807) is 19.9 Å². The lowest BCUT2D eigenvalue weighted by Gasteiger charge is -2.27. The highest BCUT2D eigenvalue weighted by Crippen LogP contribution is 2.19. The Bertz CT molecular complexity index is 302. The van der Waals surface area contributed by atoms with E-state index >= 15 is 0 Å². The van der Waals surface area contributed by atoms with Gasteiger partial charge in [0.2, 0.25) is 11.8 Å². The Labute approximate surface area is 107 Å². The molecule has 6 nitrogen and oxygen atoms in total. The van der Waals surface area contributed by atoms with Crippen LogP contribution in [-0.4, -0.2) is 47.8 Å². The third kappa shape index (κ3) is 5.79. The normalized spacial score (nSPS) is 12.7. The molecule has 0 spiro atoms. The summed E-state index contributed by atoms with van der Waals surface area (Å²) in [6.07, 6.45) is 0.384. The van der Waals surface area contributed by atoms with Crippen LogP contribution in [0.15, 0.2) is 12.7 Å². The maximum Gasteiger partial charge on any atom is 0.249 e. The van der Waals surface area contributed by atoms with Gasteiger partial charge >= 0.3 is 0 Å². The van der Waals surface area contributed by atoms with Crippen LogP contribution in [0.1, 0.15) is 20.3 Å². The Kier molecular flexibility index (Phi) is 7.23. The number of carbonyl (C=O) groups excluding carboxylic acids is 2. The quantitative estimate of drug-likeness (QED) is 0.427. The molecule has 0 unspecified atom stereocenters. The molecule has 0 heterocycles. The lowest BCUT2D eigenvalue weighted by Crippen LogP contribution is -2.46. The molecule has 0 rings (SSSR count). The summed E-state index contributed by atoms with van der Waals surface area (Å²) in [7, 11) is 0. The number of aliphatic hydroxyl groups excluding tert-OH is 2. The van der Waals surface area contributed by atoms with E-state index in [1.165, 1.54) is 0 Å². The second-order valence-electron chi connectivity index (χ2n) is 4.68. The third-order valence-electron chi connectivity index (χ3n) is 2.49.